The van der Waals surface area contributed by atoms with Crippen molar-refractivity contribution in [2.45, 2.75) is 46.6 Å². The number of hydrogen-bond acceptors (Lipinski definition) is 3. The first-order chi connectivity index (χ1) is 7.72. The maximum Gasteiger partial charge on any atom is 0.410 e. The van der Waals surface area contributed by atoms with Crippen LogP contribution in [0.25, 0.3) is 0 Å². The summed E-state index contributed by atoms with van der Waals surface area (Å²) in [6, 6.07) is 0. The molecule has 17 heavy (non-hydrogen) atoms. The molecule has 0 aliphatic rings. The molecule has 1 amide bonds. The normalized spacial score (nSPS) is 11.7. The molecule has 1 N–H and O–H groups in total. The highest BCUT2D eigenvalue weighted by molar-refractivity contribution is 5.67. The Hall–Kier alpha value is -0.770. The van der Waals surface area contributed by atoms with Crippen LogP contribution in [0.3, 0.4) is 0 Å². The third-order valence-electron chi connectivity index (χ3n) is 2.23. The van der Waals surface area contributed by atoms with Crippen molar-refractivity contribution >= 4 is 6.09 Å². The Balaban J connectivity index is 3.65. The summed E-state index contributed by atoms with van der Waals surface area (Å²) in [5, 5.41) is 3.32. The number of hydrogen-bond donors (Lipinski definition) is 1. The Kier molecular flexibility index (Phi) is 7.19. The third kappa shape index (κ3) is 10.1. The van der Waals surface area contributed by atoms with Crippen LogP contribution >= 0.6 is 0 Å². The molecule has 0 atom stereocenters. The topological polar surface area (TPSA) is 41.6 Å². The Morgan fingerprint density at radius 3 is 2.35 bits per heavy atom. The van der Waals surface area contributed by atoms with E-state index in [2.05, 4.69) is 19.2 Å². The van der Waals surface area contributed by atoms with Gasteiger partial charge in [-0.3, -0.25) is 0 Å². The Morgan fingerprint density at radius 2 is 1.88 bits per heavy atom. The van der Waals surface area contributed by atoms with Crippen LogP contribution in [0.2, 0.25) is 0 Å². The summed E-state index contributed by atoms with van der Waals surface area (Å²) >= 11 is 0. The van der Waals surface area contributed by atoms with Crippen LogP contribution in [-0.4, -0.2) is 43.3 Å². The number of nitrogens with one attached hydrogen (secondary N) is 1. The van der Waals surface area contributed by atoms with Gasteiger partial charge in [-0.25, -0.2) is 4.79 Å². The minimum absolute atomic E-state index is 0.261. The zero-order chi connectivity index (χ0) is 13.5. The highest BCUT2D eigenvalue weighted by Crippen LogP contribution is 2.08. The first-order valence-electron chi connectivity index (χ1n) is 6.37. The van der Waals surface area contributed by atoms with Crippen LogP contribution in [0.1, 0.15) is 41.0 Å². The molecule has 4 heteroatoms. The summed E-state index contributed by atoms with van der Waals surface area (Å²) < 4.78 is 5.25. The molecule has 0 aliphatic heterocycles. The average molecular weight is 244 g/mol. The molecule has 0 radical (unpaired) electrons. The molecular weight excluding hydrogens is 216 g/mol. The predicted octanol–water partition coefficient (Wildman–Crippen LogP) is 2.49. The molecule has 0 bridgehead atoms. The lowest BCUT2D eigenvalue weighted by atomic mass is 10.1. The second-order valence-corrected chi connectivity index (χ2v) is 5.83. The van der Waals surface area contributed by atoms with Gasteiger partial charge in [0.25, 0.3) is 0 Å². The molecule has 0 heterocycles. The molecule has 0 fully saturated rings. The SMILES string of the molecule is CC(C)CCNCCN(C)C(=O)OC(C)(C)C. The van der Waals surface area contributed by atoms with Gasteiger partial charge in [-0.1, -0.05) is 13.8 Å². The van der Waals surface area contributed by atoms with Crippen molar-refractivity contribution in [3.63, 3.8) is 0 Å². The van der Waals surface area contributed by atoms with Gasteiger partial charge in [-0.2, -0.15) is 0 Å². The van der Waals surface area contributed by atoms with E-state index in [4.69, 9.17) is 4.74 Å². The fourth-order valence-corrected chi connectivity index (χ4v) is 1.19. The lowest BCUT2D eigenvalue weighted by molar-refractivity contribution is 0.0300. The van der Waals surface area contributed by atoms with Crippen LogP contribution in [-0.2, 0) is 4.74 Å². The third-order valence-corrected chi connectivity index (χ3v) is 2.23. The first kappa shape index (κ1) is 16.2. The van der Waals surface area contributed by atoms with E-state index in [1.807, 2.05) is 20.8 Å². The van der Waals surface area contributed by atoms with Gasteiger partial charge in [0.2, 0.25) is 0 Å². The minimum atomic E-state index is -0.420. The van der Waals surface area contributed by atoms with Crippen LogP contribution < -0.4 is 5.32 Å². The summed E-state index contributed by atoms with van der Waals surface area (Å²) in [6.07, 6.45) is 0.902. The number of carbonyl (C=O) groups is 1. The molecule has 4 nitrogen and oxygen atoms in total. The lowest BCUT2D eigenvalue weighted by Crippen LogP contribution is -2.38. The highest BCUT2D eigenvalue weighted by atomic mass is 16.6. The number of amides is 1. The number of nitrogens with zero attached hydrogens (tertiary/aromatic N) is 1. The molecule has 0 aromatic carbocycles. The maximum atomic E-state index is 11.6. The Bertz CT molecular complexity index is 222. The standard InChI is InChI=1S/C13H28N2O2/c1-11(2)7-8-14-9-10-15(6)12(16)17-13(3,4)5/h11,14H,7-10H2,1-6H3. The summed E-state index contributed by atoms with van der Waals surface area (Å²) in [5.74, 6) is 0.714. The van der Waals surface area contributed by atoms with E-state index in [0.29, 0.717) is 12.5 Å². The van der Waals surface area contributed by atoms with E-state index < -0.39 is 5.60 Å². The van der Waals surface area contributed by atoms with Crippen LogP contribution in [0.4, 0.5) is 4.79 Å². The summed E-state index contributed by atoms with van der Waals surface area (Å²) in [4.78, 5) is 13.2. The van der Waals surface area contributed by atoms with E-state index in [-0.39, 0.29) is 6.09 Å². The molecular formula is C13H28N2O2. The molecule has 0 unspecified atom stereocenters. The van der Waals surface area contributed by atoms with Crippen molar-refractivity contribution in [1.82, 2.24) is 10.2 Å². The van der Waals surface area contributed by atoms with Crippen molar-refractivity contribution in [1.29, 1.82) is 0 Å². The summed E-state index contributed by atoms with van der Waals surface area (Å²) in [6.45, 7) is 12.5. The zero-order valence-corrected chi connectivity index (χ0v) is 12.2. The van der Waals surface area contributed by atoms with Gasteiger partial charge in [0, 0.05) is 20.1 Å². The lowest BCUT2D eigenvalue weighted by Gasteiger charge is -2.24. The van der Waals surface area contributed by atoms with Crippen molar-refractivity contribution in [2.24, 2.45) is 5.92 Å². The first-order valence-corrected chi connectivity index (χ1v) is 6.37. The zero-order valence-electron chi connectivity index (χ0n) is 12.2. The molecule has 0 aromatic heterocycles. The summed E-state index contributed by atoms with van der Waals surface area (Å²) in [5.41, 5.74) is -0.420. The predicted molar refractivity (Wildman–Crippen MR) is 71.2 cm³/mol. The smallest absolute Gasteiger partial charge is 0.410 e. The van der Waals surface area contributed by atoms with Crippen molar-refractivity contribution in [3.05, 3.63) is 0 Å². The molecule has 0 saturated carbocycles. The molecule has 0 aromatic rings. The molecule has 0 aliphatic carbocycles. The molecule has 0 saturated heterocycles. The van der Waals surface area contributed by atoms with Crippen molar-refractivity contribution in [3.8, 4) is 0 Å². The Morgan fingerprint density at radius 1 is 1.29 bits per heavy atom. The Labute approximate surface area is 106 Å². The van der Waals surface area contributed by atoms with E-state index in [1.165, 1.54) is 0 Å². The highest BCUT2D eigenvalue weighted by Gasteiger charge is 2.18. The molecule has 0 rings (SSSR count). The van der Waals surface area contributed by atoms with Gasteiger partial charge in [0.1, 0.15) is 5.60 Å². The largest absolute Gasteiger partial charge is 0.444 e. The van der Waals surface area contributed by atoms with Gasteiger partial charge < -0.3 is 15.0 Å². The number of carbonyl (C=O) groups excluding carboxylic acids is 1. The average Bonchev–Trinajstić information content (AvgIpc) is 2.13. The fourth-order valence-electron chi connectivity index (χ4n) is 1.19. The van der Waals surface area contributed by atoms with Gasteiger partial charge in [-0.05, 0) is 39.7 Å². The van der Waals surface area contributed by atoms with Gasteiger partial charge in [0.05, 0.1) is 0 Å². The monoisotopic (exact) mass is 244 g/mol. The van der Waals surface area contributed by atoms with Crippen molar-refractivity contribution in [2.75, 3.05) is 26.7 Å². The van der Waals surface area contributed by atoms with Gasteiger partial charge in [-0.15, -0.1) is 0 Å². The van der Waals surface area contributed by atoms with E-state index in [0.717, 1.165) is 19.5 Å². The van der Waals surface area contributed by atoms with Crippen LogP contribution in [0.15, 0.2) is 0 Å². The fraction of sp³-hybridized carbons (Fsp3) is 0.923. The van der Waals surface area contributed by atoms with Gasteiger partial charge in [0.15, 0.2) is 0 Å². The van der Waals surface area contributed by atoms with E-state index in [1.54, 1.807) is 11.9 Å². The second-order valence-electron chi connectivity index (χ2n) is 5.83. The van der Waals surface area contributed by atoms with E-state index >= 15 is 0 Å². The molecule has 0 spiro atoms. The van der Waals surface area contributed by atoms with E-state index in [9.17, 15) is 4.79 Å². The number of ether oxygens (including phenoxy) is 1. The van der Waals surface area contributed by atoms with Gasteiger partial charge >= 0.3 is 6.09 Å². The van der Waals surface area contributed by atoms with Crippen molar-refractivity contribution < 1.29 is 9.53 Å². The van der Waals surface area contributed by atoms with Crippen LogP contribution in [0.5, 0.6) is 0 Å². The maximum absolute atomic E-state index is 11.6. The number of rotatable bonds is 6. The molecule has 102 valence electrons. The number of likely N-dealkylation sites (N-methyl/N-ethyl adjacent to an activating group) is 1. The summed E-state index contributed by atoms with van der Waals surface area (Å²) in [7, 11) is 1.76. The quantitative estimate of drug-likeness (QED) is 0.730. The minimum Gasteiger partial charge on any atom is -0.444 e. The second kappa shape index (κ2) is 7.54. The van der Waals surface area contributed by atoms with Crippen LogP contribution in [0, 0.1) is 5.92 Å².